The van der Waals surface area contributed by atoms with Gasteiger partial charge in [0, 0.05) is 0 Å². The van der Waals surface area contributed by atoms with Crippen molar-refractivity contribution in [2.45, 2.75) is 23.2 Å². The summed E-state index contributed by atoms with van der Waals surface area (Å²) in [4.78, 5) is 19.3. The van der Waals surface area contributed by atoms with E-state index in [0.29, 0.717) is 22.8 Å². The van der Waals surface area contributed by atoms with E-state index in [4.69, 9.17) is 9.47 Å². The standard InChI is InChI=1S/C11H14N2O3S/c1-15-9-5-10(16-2)13-11(12-9)17-8(6-14)7-3-4-7/h5-8H,3-4H2,1-2H3. The molecular formula is C11H14N2O3S. The molecule has 17 heavy (non-hydrogen) atoms. The number of aldehydes is 1. The number of rotatable bonds is 6. The second kappa shape index (κ2) is 5.35. The van der Waals surface area contributed by atoms with Crippen molar-refractivity contribution >= 4 is 18.0 Å². The number of aromatic nitrogens is 2. The second-order valence-corrected chi connectivity index (χ2v) is 4.94. The van der Waals surface area contributed by atoms with Crippen molar-refractivity contribution in [2.75, 3.05) is 14.2 Å². The monoisotopic (exact) mass is 254 g/mol. The van der Waals surface area contributed by atoms with Crippen LogP contribution in [0.3, 0.4) is 0 Å². The van der Waals surface area contributed by atoms with E-state index in [1.165, 1.54) is 26.0 Å². The first-order chi connectivity index (χ1) is 8.26. The van der Waals surface area contributed by atoms with E-state index in [-0.39, 0.29) is 5.25 Å². The van der Waals surface area contributed by atoms with Gasteiger partial charge in [-0.15, -0.1) is 0 Å². The van der Waals surface area contributed by atoms with Crippen LogP contribution in [0.5, 0.6) is 11.8 Å². The van der Waals surface area contributed by atoms with Crippen molar-refractivity contribution in [3.63, 3.8) is 0 Å². The van der Waals surface area contributed by atoms with Gasteiger partial charge >= 0.3 is 0 Å². The molecule has 1 fully saturated rings. The Balaban J connectivity index is 2.15. The highest BCUT2D eigenvalue weighted by Gasteiger charge is 2.32. The van der Waals surface area contributed by atoms with E-state index in [2.05, 4.69) is 9.97 Å². The molecule has 92 valence electrons. The molecule has 0 amide bonds. The van der Waals surface area contributed by atoms with Gasteiger partial charge in [-0.3, -0.25) is 0 Å². The zero-order chi connectivity index (χ0) is 12.3. The molecule has 1 heterocycles. The third-order valence-electron chi connectivity index (χ3n) is 2.54. The first-order valence-corrected chi connectivity index (χ1v) is 6.23. The van der Waals surface area contributed by atoms with Gasteiger partial charge in [-0.1, -0.05) is 11.8 Å². The minimum atomic E-state index is -0.0631. The fourth-order valence-electron chi connectivity index (χ4n) is 1.43. The molecule has 0 spiro atoms. The molecular weight excluding hydrogens is 240 g/mol. The number of thioether (sulfide) groups is 1. The van der Waals surface area contributed by atoms with Gasteiger partial charge in [0.25, 0.3) is 0 Å². The molecule has 1 aromatic heterocycles. The van der Waals surface area contributed by atoms with Crippen LogP contribution in [-0.4, -0.2) is 35.7 Å². The molecule has 1 aliphatic rings. The van der Waals surface area contributed by atoms with Gasteiger partial charge in [-0.05, 0) is 18.8 Å². The summed E-state index contributed by atoms with van der Waals surface area (Å²) in [7, 11) is 3.07. The van der Waals surface area contributed by atoms with Gasteiger partial charge in [-0.2, -0.15) is 9.97 Å². The van der Waals surface area contributed by atoms with Crippen LogP contribution in [0.25, 0.3) is 0 Å². The summed E-state index contributed by atoms with van der Waals surface area (Å²) in [6, 6.07) is 1.61. The second-order valence-electron chi connectivity index (χ2n) is 3.79. The highest BCUT2D eigenvalue weighted by atomic mass is 32.2. The molecule has 1 saturated carbocycles. The van der Waals surface area contributed by atoms with E-state index in [1.54, 1.807) is 6.07 Å². The van der Waals surface area contributed by atoms with Gasteiger partial charge in [0.15, 0.2) is 5.16 Å². The maximum absolute atomic E-state index is 11.0. The van der Waals surface area contributed by atoms with Crippen molar-refractivity contribution in [3.05, 3.63) is 6.07 Å². The predicted molar refractivity (Wildman–Crippen MR) is 63.6 cm³/mol. The van der Waals surface area contributed by atoms with Crippen molar-refractivity contribution in [2.24, 2.45) is 5.92 Å². The van der Waals surface area contributed by atoms with E-state index in [1.807, 2.05) is 0 Å². The quantitative estimate of drug-likeness (QED) is 0.436. The Kier molecular flexibility index (Phi) is 3.83. The average molecular weight is 254 g/mol. The number of methoxy groups -OCH3 is 2. The fourth-order valence-corrected chi connectivity index (χ4v) is 2.48. The number of ether oxygens (including phenoxy) is 2. The van der Waals surface area contributed by atoms with Gasteiger partial charge in [0.1, 0.15) is 6.29 Å². The van der Waals surface area contributed by atoms with Crippen LogP contribution in [0.2, 0.25) is 0 Å². The normalized spacial score (nSPS) is 16.4. The lowest BCUT2D eigenvalue weighted by atomic mass is 10.3. The average Bonchev–Trinajstić information content (AvgIpc) is 3.19. The Morgan fingerprint density at radius 3 is 2.35 bits per heavy atom. The van der Waals surface area contributed by atoms with Crippen LogP contribution < -0.4 is 9.47 Å². The molecule has 0 aromatic carbocycles. The minimum Gasteiger partial charge on any atom is -0.481 e. The Bertz CT molecular complexity index is 387. The summed E-state index contributed by atoms with van der Waals surface area (Å²) in [5, 5.41) is 0.456. The van der Waals surface area contributed by atoms with E-state index < -0.39 is 0 Å². The summed E-state index contributed by atoms with van der Waals surface area (Å²) >= 11 is 1.37. The number of nitrogens with zero attached hydrogens (tertiary/aromatic N) is 2. The summed E-state index contributed by atoms with van der Waals surface area (Å²) in [6.45, 7) is 0. The van der Waals surface area contributed by atoms with Crippen molar-refractivity contribution < 1.29 is 14.3 Å². The molecule has 0 N–H and O–H groups in total. The highest BCUT2D eigenvalue weighted by Crippen LogP contribution is 2.40. The number of hydrogen-bond donors (Lipinski definition) is 0. The Labute approximate surface area is 104 Å². The zero-order valence-electron chi connectivity index (χ0n) is 9.75. The lowest BCUT2D eigenvalue weighted by Gasteiger charge is -2.09. The SMILES string of the molecule is COc1cc(OC)nc(SC(C=O)C2CC2)n1. The molecule has 0 aliphatic heterocycles. The van der Waals surface area contributed by atoms with Crippen molar-refractivity contribution in [3.8, 4) is 11.8 Å². The van der Waals surface area contributed by atoms with Crippen LogP contribution in [0.1, 0.15) is 12.8 Å². The lowest BCUT2D eigenvalue weighted by Crippen LogP contribution is -2.08. The van der Waals surface area contributed by atoms with Crippen LogP contribution >= 0.6 is 11.8 Å². The largest absolute Gasteiger partial charge is 0.481 e. The van der Waals surface area contributed by atoms with Crippen LogP contribution in [0.4, 0.5) is 0 Å². The van der Waals surface area contributed by atoms with Gasteiger partial charge in [0.05, 0.1) is 25.5 Å². The van der Waals surface area contributed by atoms with E-state index >= 15 is 0 Å². The Morgan fingerprint density at radius 2 is 1.94 bits per heavy atom. The van der Waals surface area contributed by atoms with Crippen LogP contribution in [0.15, 0.2) is 11.2 Å². The molecule has 0 bridgehead atoms. The summed E-state index contributed by atoms with van der Waals surface area (Å²) in [5.74, 6) is 1.36. The third kappa shape index (κ3) is 3.09. The number of carbonyl (C=O) groups excluding carboxylic acids is 1. The smallest absolute Gasteiger partial charge is 0.220 e. The third-order valence-corrected chi connectivity index (χ3v) is 3.70. The molecule has 5 nitrogen and oxygen atoms in total. The molecule has 1 aromatic rings. The van der Waals surface area contributed by atoms with Gasteiger partial charge in [0.2, 0.25) is 11.8 Å². The molecule has 0 saturated heterocycles. The first-order valence-electron chi connectivity index (χ1n) is 5.36. The van der Waals surface area contributed by atoms with Crippen molar-refractivity contribution in [1.82, 2.24) is 9.97 Å². The lowest BCUT2D eigenvalue weighted by molar-refractivity contribution is -0.107. The molecule has 2 rings (SSSR count). The highest BCUT2D eigenvalue weighted by molar-refractivity contribution is 8.00. The zero-order valence-corrected chi connectivity index (χ0v) is 10.6. The minimum absolute atomic E-state index is 0.0631. The van der Waals surface area contributed by atoms with Crippen LogP contribution in [0, 0.1) is 5.92 Å². The van der Waals surface area contributed by atoms with Gasteiger partial charge < -0.3 is 14.3 Å². The first kappa shape index (κ1) is 12.2. The molecule has 0 radical (unpaired) electrons. The number of carbonyl (C=O) groups is 1. The van der Waals surface area contributed by atoms with Crippen LogP contribution in [-0.2, 0) is 4.79 Å². The van der Waals surface area contributed by atoms with E-state index in [9.17, 15) is 4.79 Å². The number of hydrogen-bond acceptors (Lipinski definition) is 6. The maximum atomic E-state index is 11.0. The summed E-state index contributed by atoms with van der Waals surface area (Å²) in [5.41, 5.74) is 0. The maximum Gasteiger partial charge on any atom is 0.220 e. The Morgan fingerprint density at radius 1 is 1.35 bits per heavy atom. The summed E-state index contributed by atoms with van der Waals surface area (Å²) in [6.07, 6.45) is 3.19. The molecule has 1 atom stereocenters. The molecule has 1 unspecified atom stereocenters. The summed E-state index contributed by atoms with van der Waals surface area (Å²) < 4.78 is 10.1. The van der Waals surface area contributed by atoms with E-state index in [0.717, 1.165) is 19.1 Å². The Hall–Kier alpha value is -1.30. The predicted octanol–water partition coefficient (Wildman–Crippen LogP) is 1.56. The fraction of sp³-hybridized carbons (Fsp3) is 0.545. The molecule has 1 aliphatic carbocycles. The van der Waals surface area contributed by atoms with Crippen molar-refractivity contribution in [1.29, 1.82) is 0 Å². The topological polar surface area (TPSA) is 61.3 Å². The van der Waals surface area contributed by atoms with Gasteiger partial charge in [-0.25, -0.2) is 0 Å². The molecule has 6 heteroatoms.